The van der Waals surface area contributed by atoms with Crippen LogP contribution in [-0.2, 0) is 17.1 Å². The molecule has 109 valence electrons. The standard InChI is InChI=1S/C6H5.2CF3.Cu.2H2N/c1-2-4-6-5-3-1;2*2-1(3)4;;;/h1-5H;;;;2*1H2/q3*-1;;2*-1. The van der Waals surface area contributed by atoms with Crippen molar-refractivity contribution in [1.82, 2.24) is 0 Å². The molecule has 0 amide bonds. The molecule has 0 atom stereocenters. The number of nitrogens with two attached hydrogens (primary N) is 2. The van der Waals surface area contributed by atoms with Crippen LogP contribution in [0.3, 0.4) is 0 Å². The van der Waals surface area contributed by atoms with Gasteiger partial charge in [0, 0.05) is 17.1 Å². The van der Waals surface area contributed by atoms with Crippen LogP contribution in [0, 0.1) is 19.4 Å². The van der Waals surface area contributed by atoms with E-state index in [0.29, 0.717) is 0 Å². The van der Waals surface area contributed by atoms with E-state index in [-0.39, 0.29) is 29.4 Å². The predicted octanol–water partition coefficient (Wildman–Crippen LogP) is 5.60. The summed E-state index contributed by atoms with van der Waals surface area (Å²) < 4.78 is 57.5. The van der Waals surface area contributed by atoms with Crippen LogP contribution >= 0.6 is 0 Å². The molecule has 0 heterocycles. The largest absolute Gasteiger partial charge is 0.693 e. The Morgan fingerprint density at radius 1 is 0.647 bits per heavy atom. The maximum absolute atomic E-state index is 9.58. The smallest absolute Gasteiger partial charge is 0.154 e. The van der Waals surface area contributed by atoms with Gasteiger partial charge in [0.05, 0.1) is 0 Å². The Balaban J connectivity index is -0.0000000403. The van der Waals surface area contributed by atoms with Gasteiger partial charge in [0.25, 0.3) is 0 Å². The molecule has 0 bridgehead atoms. The molecule has 0 fully saturated rings. The van der Waals surface area contributed by atoms with E-state index in [0.717, 1.165) is 0 Å². The summed E-state index contributed by atoms with van der Waals surface area (Å²) in [6.45, 7) is -6.17. The van der Waals surface area contributed by atoms with E-state index < -0.39 is 13.4 Å². The van der Waals surface area contributed by atoms with Gasteiger partial charge in [-0.25, -0.2) is 0 Å². The zero-order chi connectivity index (χ0) is 11.4. The minimum atomic E-state index is -3.08. The van der Waals surface area contributed by atoms with E-state index in [1.807, 2.05) is 30.3 Å². The van der Waals surface area contributed by atoms with Crippen LogP contribution in [0.4, 0.5) is 26.3 Å². The minimum absolute atomic E-state index is 0. The minimum Gasteiger partial charge on any atom is -0.693 e. The molecule has 1 aromatic rings. The second kappa shape index (κ2) is 24.5. The first-order chi connectivity index (χ1) is 6.46. The van der Waals surface area contributed by atoms with Gasteiger partial charge in [-0.1, -0.05) is 0 Å². The fraction of sp³-hybridized carbons (Fsp3) is 0. The molecular formula is C8H9CuF6N2-5. The van der Waals surface area contributed by atoms with Crippen LogP contribution in [0.15, 0.2) is 30.3 Å². The number of benzene rings is 1. The molecule has 0 aromatic heterocycles. The Hall–Kier alpha value is -0.761. The van der Waals surface area contributed by atoms with Crippen LogP contribution in [-0.4, -0.2) is 0 Å². The van der Waals surface area contributed by atoms with E-state index >= 15 is 0 Å². The van der Waals surface area contributed by atoms with E-state index in [4.69, 9.17) is 0 Å². The second-order valence-electron chi connectivity index (χ2n) is 1.51. The van der Waals surface area contributed by atoms with Gasteiger partial charge < -0.3 is 38.6 Å². The van der Waals surface area contributed by atoms with Crippen LogP contribution in [0.1, 0.15) is 0 Å². The van der Waals surface area contributed by atoms with E-state index in [1.54, 1.807) is 0 Å². The average molecular weight is 311 g/mol. The van der Waals surface area contributed by atoms with Gasteiger partial charge in [0.15, 0.2) is 13.4 Å². The van der Waals surface area contributed by atoms with Crippen molar-refractivity contribution < 1.29 is 43.4 Å². The molecule has 17 heavy (non-hydrogen) atoms. The zero-order valence-corrected chi connectivity index (χ0v) is 9.05. The monoisotopic (exact) mass is 310 g/mol. The quantitative estimate of drug-likeness (QED) is 0.340. The van der Waals surface area contributed by atoms with Crippen molar-refractivity contribution in [1.29, 1.82) is 0 Å². The van der Waals surface area contributed by atoms with Crippen LogP contribution < -0.4 is 0 Å². The molecule has 9 heteroatoms. The summed E-state index contributed by atoms with van der Waals surface area (Å²) in [5.41, 5.74) is 0. The maximum atomic E-state index is 9.58. The summed E-state index contributed by atoms with van der Waals surface area (Å²) in [5.74, 6) is 0. The molecule has 4 N–H and O–H groups in total. The number of rotatable bonds is 0. The summed E-state index contributed by atoms with van der Waals surface area (Å²) in [6.07, 6.45) is 0. The third-order valence-electron chi connectivity index (χ3n) is 0.607. The third kappa shape index (κ3) is 97.3. The van der Waals surface area contributed by atoms with Gasteiger partial charge in [0.2, 0.25) is 0 Å². The first kappa shape index (κ1) is 29.9. The number of hydrogen-bond acceptors (Lipinski definition) is 0. The van der Waals surface area contributed by atoms with Crippen molar-refractivity contribution in [3.63, 3.8) is 0 Å². The normalized spacial score (nSPS) is 7.06. The first-order valence-corrected chi connectivity index (χ1v) is 3.04. The van der Waals surface area contributed by atoms with Gasteiger partial charge in [-0.15, -0.1) is 0 Å². The molecule has 0 saturated carbocycles. The van der Waals surface area contributed by atoms with Crippen molar-refractivity contribution in [3.8, 4) is 0 Å². The molecule has 1 rings (SSSR count). The second-order valence-corrected chi connectivity index (χ2v) is 1.51. The number of halogens is 6. The van der Waals surface area contributed by atoms with Crippen molar-refractivity contribution >= 4 is 0 Å². The molecule has 0 saturated heterocycles. The van der Waals surface area contributed by atoms with Crippen molar-refractivity contribution in [3.05, 3.63) is 62.1 Å². The van der Waals surface area contributed by atoms with Gasteiger partial charge >= 0.3 is 0 Å². The summed E-state index contributed by atoms with van der Waals surface area (Å²) in [7, 11) is 0. The molecule has 0 unspecified atom stereocenters. The first-order valence-electron chi connectivity index (χ1n) is 3.04. The van der Waals surface area contributed by atoms with Crippen molar-refractivity contribution in [2.45, 2.75) is 0 Å². The van der Waals surface area contributed by atoms with Crippen LogP contribution in [0.2, 0.25) is 0 Å². The van der Waals surface area contributed by atoms with Gasteiger partial charge in [0.1, 0.15) is 0 Å². The van der Waals surface area contributed by atoms with E-state index in [9.17, 15) is 26.3 Å². The predicted molar refractivity (Wildman–Crippen MR) is 49.0 cm³/mol. The van der Waals surface area contributed by atoms with Crippen LogP contribution in [0.5, 0.6) is 0 Å². The van der Waals surface area contributed by atoms with Gasteiger partial charge in [-0.3, -0.25) is 0 Å². The molecule has 0 aliphatic rings. The van der Waals surface area contributed by atoms with Crippen LogP contribution in [0.25, 0.3) is 12.3 Å². The summed E-state index contributed by atoms with van der Waals surface area (Å²) in [4.78, 5) is 0. The Morgan fingerprint density at radius 3 is 0.941 bits per heavy atom. The van der Waals surface area contributed by atoms with Crippen molar-refractivity contribution in [2.24, 2.45) is 0 Å². The molecule has 0 aliphatic heterocycles. The molecule has 1 radical (unpaired) electrons. The van der Waals surface area contributed by atoms with E-state index in [1.165, 1.54) is 0 Å². The fourth-order valence-electron chi connectivity index (χ4n) is 0.342. The molecule has 2 nitrogen and oxygen atoms in total. The topological polar surface area (TPSA) is 67.0 Å². The Bertz CT molecular complexity index is 152. The fourth-order valence-corrected chi connectivity index (χ4v) is 0.342. The Kier molecular flexibility index (Phi) is 43.0. The Labute approximate surface area is 106 Å². The molecule has 1 aromatic carbocycles. The molecular weight excluding hydrogens is 302 g/mol. The third-order valence-corrected chi connectivity index (χ3v) is 0.607. The Morgan fingerprint density at radius 2 is 0.882 bits per heavy atom. The van der Waals surface area contributed by atoms with Gasteiger partial charge in [-0.05, 0) is 0 Å². The van der Waals surface area contributed by atoms with Crippen molar-refractivity contribution in [2.75, 3.05) is 0 Å². The zero-order valence-electron chi connectivity index (χ0n) is 8.11. The SMILES string of the molecule is F[C-](F)F.F[C-](F)F.[Cu].[NH2-].[NH2-].[c-]1ccccc1. The van der Waals surface area contributed by atoms with Gasteiger partial charge in [-0.2, -0.15) is 36.4 Å². The summed E-state index contributed by atoms with van der Waals surface area (Å²) in [5, 5.41) is 0. The average Bonchev–Trinajstić information content (AvgIpc) is 2.05. The van der Waals surface area contributed by atoms with E-state index in [2.05, 4.69) is 6.07 Å². The number of hydrogen-bond donors (Lipinski definition) is 0. The summed E-state index contributed by atoms with van der Waals surface area (Å²) >= 11 is 0. The maximum Gasteiger partial charge on any atom is 0.154 e. The summed E-state index contributed by atoms with van der Waals surface area (Å²) in [6, 6.07) is 12.5. The molecule has 0 aliphatic carbocycles. The molecule has 0 spiro atoms.